The zero-order valence-electron chi connectivity index (χ0n) is 35.9. The van der Waals surface area contributed by atoms with Crippen molar-refractivity contribution in [1.29, 1.82) is 0 Å². The van der Waals surface area contributed by atoms with Gasteiger partial charge in [0.15, 0.2) is 0 Å². The summed E-state index contributed by atoms with van der Waals surface area (Å²) in [5.41, 5.74) is 1.52. The number of carbonyl (C=O) groups is 4. The Hall–Kier alpha value is -2.82. The van der Waals surface area contributed by atoms with E-state index in [1.54, 1.807) is 19.9 Å². The zero-order chi connectivity index (χ0) is 43.5. The molecule has 0 radical (unpaired) electrons. The lowest BCUT2D eigenvalue weighted by Gasteiger charge is -2.39. The Morgan fingerprint density at radius 3 is 2.16 bits per heavy atom. The van der Waals surface area contributed by atoms with Gasteiger partial charge < -0.3 is 49.4 Å². The van der Waals surface area contributed by atoms with Crippen LogP contribution in [0.1, 0.15) is 105 Å². The Balaban J connectivity index is 2.10. The van der Waals surface area contributed by atoms with E-state index in [0.717, 1.165) is 10.5 Å². The van der Waals surface area contributed by atoms with Crippen LogP contribution in [0, 0.1) is 29.6 Å². The maximum atomic E-state index is 14.2. The summed E-state index contributed by atoms with van der Waals surface area (Å²) in [5, 5.41) is 55.9. The second-order valence-electron chi connectivity index (χ2n) is 17.2. The molecule has 2 fully saturated rings. The standard InChI is InChI=1S/C44H71NO13/c1-10-13-31-19-25(2)18-26(3)20-37(56-8)39(49)38(57-9)22-28(5)41(50)44(53,54)43(52)45-17-12-11-14-32(45)42(51)58-40(29(6)34(47)24-35(31)48)27(4)21-30-15-16-33(46)36(23-30)55-7/h10,19,21,26,28-34,36-40,46-47,49,53-54H,1,11-18,20,22-24H2,2-9H3/b25-19+,27-21+/t26?,28-,29-,30+,31-,32+,33?,34+,36-,37?,38+,39-,40-/m1/s1. The lowest BCUT2D eigenvalue weighted by Crippen LogP contribution is -2.61. The molecule has 0 bridgehead atoms. The van der Waals surface area contributed by atoms with Crippen LogP contribution in [0.25, 0.3) is 0 Å². The molecule has 14 heteroatoms. The predicted octanol–water partition coefficient (Wildman–Crippen LogP) is 3.59. The number of allylic oxidation sites excluding steroid dienone is 4. The van der Waals surface area contributed by atoms with Crippen LogP contribution in [-0.4, -0.2) is 136 Å². The van der Waals surface area contributed by atoms with E-state index in [-0.39, 0.29) is 49.5 Å². The van der Waals surface area contributed by atoms with Gasteiger partial charge in [-0.2, -0.15) is 0 Å². The van der Waals surface area contributed by atoms with Crippen molar-refractivity contribution in [3.63, 3.8) is 0 Å². The van der Waals surface area contributed by atoms with E-state index in [2.05, 4.69) is 6.58 Å². The minimum atomic E-state index is -3.50. The molecule has 1 aliphatic carbocycles. The van der Waals surface area contributed by atoms with Gasteiger partial charge in [0.1, 0.15) is 24.0 Å². The largest absolute Gasteiger partial charge is 0.456 e. The minimum Gasteiger partial charge on any atom is -0.456 e. The van der Waals surface area contributed by atoms with Gasteiger partial charge in [0.25, 0.3) is 5.91 Å². The first-order valence-corrected chi connectivity index (χ1v) is 20.9. The van der Waals surface area contributed by atoms with E-state index in [1.165, 1.54) is 28.3 Å². The lowest BCUT2D eigenvalue weighted by atomic mass is 9.81. The molecular formula is C44H71NO13. The number of aliphatic hydroxyl groups excluding tert-OH is 3. The fraction of sp³-hybridized carbons (Fsp3) is 0.773. The normalized spacial score (nSPS) is 38.3. The third kappa shape index (κ3) is 12.8. The van der Waals surface area contributed by atoms with Gasteiger partial charge in [-0.05, 0) is 95.5 Å². The van der Waals surface area contributed by atoms with E-state index in [1.807, 2.05) is 26.0 Å². The van der Waals surface area contributed by atoms with E-state index in [9.17, 15) is 44.7 Å². The number of esters is 1. The van der Waals surface area contributed by atoms with Crippen molar-refractivity contribution in [1.82, 2.24) is 4.90 Å². The summed E-state index contributed by atoms with van der Waals surface area (Å²) < 4.78 is 22.9. The highest BCUT2D eigenvalue weighted by Gasteiger charge is 2.51. The Kier molecular flexibility index (Phi) is 19.4. The molecule has 0 aromatic rings. The Bertz CT molecular complexity index is 1460. The Morgan fingerprint density at radius 2 is 1.53 bits per heavy atom. The van der Waals surface area contributed by atoms with Gasteiger partial charge in [-0.1, -0.05) is 44.6 Å². The van der Waals surface area contributed by atoms with Crippen molar-refractivity contribution in [2.45, 2.75) is 160 Å². The molecular weight excluding hydrogens is 750 g/mol. The Labute approximate surface area is 344 Å². The maximum Gasteiger partial charge on any atom is 0.329 e. The number of ketones is 2. The number of rotatable bonds is 7. The molecule has 2 aliphatic heterocycles. The molecule has 1 saturated carbocycles. The molecule has 2 heterocycles. The van der Waals surface area contributed by atoms with Crippen LogP contribution in [-0.2, 0) is 38.1 Å². The van der Waals surface area contributed by atoms with Gasteiger partial charge in [0, 0.05) is 52.0 Å². The number of methoxy groups -OCH3 is 3. The van der Waals surface area contributed by atoms with Gasteiger partial charge in [0.05, 0.1) is 30.5 Å². The summed E-state index contributed by atoms with van der Waals surface area (Å²) in [6.07, 6.45) is 2.82. The molecule has 3 aliphatic rings. The number of fused-ring (bicyclic) bond motifs is 1. The molecule has 0 aromatic carbocycles. The molecule has 14 nitrogen and oxygen atoms in total. The second-order valence-corrected chi connectivity index (χ2v) is 17.2. The molecule has 330 valence electrons. The van der Waals surface area contributed by atoms with Crippen LogP contribution in [0.3, 0.4) is 0 Å². The van der Waals surface area contributed by atoms with Gasteiger partial charge in [-0.25, -0.2) is 4.79 Å². The van der Waals surface area contributed by atoms with E-state index >= 15 is 0 Å². The fourth-order valence-electron chi connectivity index (χ4n) is 9.01. The Morgan fingerprint density at radius 1 is 0.897 bits per heavy atom. The molecule has 58 heavy (non-hydrogen) atoms. The van der Waals surface area contributed by atoms with Crippen LogP contribution < -0.4 is 0 Å². The number of Topliss-reactive ketones (excluding diaryl/α,β-unsaturated/α-hetero) is 2. The van der Waals surface area contributed by atoms with Crippen molar-refractivity contribution in [3.05, 3.63) is 36.0 Å². The van der Waals surface area contributed by atoms with Gasteiger partial charge in [0.2, 0.25) is 5.78 Å². The molecule has 0 aromatic heterocycles. The summed E-state index contributed by atoms with van der Waals surface area (Å²) >= 11 is 0. The summed E-state index contributed by atoms with van der Waals surface area (Å²) in [6.45, 7) is 12.6. The van der Waals surface area contributed by atoms with E-state index < -0.39 is 83.9 Å². The predicted molar refractivity (Wildman–Crippen MR) is 216 cm³/mol. The topological polar surface area (TPSA) is 210 Å². The first kappa shape index (κ1) is 49.5. The molecule has 1 amide bonds. The van der Waals surface area contributed by atoms with Gasteiger partial charge in [-0.15, -0.1) is 6.58 Å². The molecule has 13 atom stereocenters. The summed E-state index contributed by atoms with van der Waals surface area (Å²) in [6, 6.07) is -1.28. The number of hydrogen-bond donors (Lipinski definition) is 5. The summed E-state index contributed by atoms with van der Waals surface area (Å²) in [4.78, 5) is 56.6. The number of aliphatic hydroxyl groups is 5. The third-order valence-electron chi connectivity index (χ3n) is 12.5. The zero-order valence-corrected chi connectivity index (χ0v) is 35.9. The highest BCUT2D eigenvalue weighted by atomic mass is 16.6. The molecule has 5 N–H and O–H groups in total. The smallest absolute Gasteiger partial charge is 0.329 e. The average molecular weight is 822 g/mol. The van der Waals surface area contributed by atoms with Crippen molar-refractivity contribution >= 4 is 23.4 Å². The second kappa shape index (κ2) is 22.7. The van der Waals surface area contributed by atoms with Crippen LogP contribution in [0.4, 0.5) is 0 Å². The van der Waals surface area contributed by atoms with Crippen LogP contribution in [0.2, 0.25) is 0 Å². The van der Waals surface area contributed by atoms with Crippen LogP contribution >= 0.6 is 0 Å². The average Bonchev–Trinajstić information content (AvgIpc) is 3.19. The number of amides is 1. The van der Waals surface area contributed by atoms with Gasteiger partial charge >= 0.3 is 11.8 Å². The maximum absolute atomic E-state index is 14.2. The van der Waals surface area contributed by atoms with Crippen molar-refractivity contribution in [2.75, 3.05) is 27.9 Å². The summed E-state index contributed by atoms with van der Waals surface area (Å²) in [5.74, 6) is -9.80. The lowest BCUT2D eigenvalue weighted by molar-refractivity contribution is -0.206. The number of cyclic esters (lactones) is 1. The third-order valence-corrected chi connectivity index (χ3v) is 12.5. The monoisotopic (exact) mass is 821 g/mol. The van der Waals surface area contributed by atoms with E-state index in [0.29, 0.717) is 56.9 Å². The highest BCUT2D eigenvalue weighted by molar-refractivity contribution is 6.08. The molecule has 1 saturated heterocycles. The van der Waals surface area contributed by atoms with E-state index in [4.69, 9.17) is 18.9 Å². The first-order valence-electron chi connectivity index (χ1n) is 20.9. The van der Waals surface area contributed by atoms with Crippen molar-refractivity contribution in [3.8, 4) is 0 Å². The SMILES string of the molecule is C=CC[C@@H]1/C=C(\C)CC(C)CC(OC)[C@@H](O)[C@@H](OC)C[C@@H](C)C(=O)C(O)(O)C(=O)N2CCCC[C@H]2C(=O)O[C@H](/C(C)=C/[C@@H]2CCC(O)[C@H](OC)C2)[C@H](C)[C@@H](O)CC1=O. The van der Waals surface area contributed by atoms with Crippen LogP contribution in [0.5, 0.6) is 0 Å². The van der Waals surface area contributed by atoms with Crippen LogP contribution in [0.15, 0.2) is 36.0 Å². The summed E-state index contributed by atoms with van der Waals surface area (Å²) in [7, 11) is 4.35. The molecule has 3 unspecified atom stereocenters. The number of hydrogen-bond acceptors (Lipinski definition) is 13. The first-order chi connectivity index (χ1) is 27.3. The van der Waals surface area contributed by atoms with Crippen molar-refractivity contribution in [2.24, 2.45) is 29.6 Å². The molecule has 3 rings (SSSR count). The minimum absolute atomic E-state index is 0.0337. The van der Waals surface area contributed by atoms with Gasteiger partial charge in [-0.3, -0.25) is 14.4 Å². The number of carbonyl (C=O) groups excluding carboxylic acids is 4. The number of nitrogens with zero attached hydrogens (tertiary/aromatic N) is 1. The van der Waals surface area contributed by atoms with Crippen molar-refractivity contribution < 1.29 is 63.7 Å². The number of ether oxygens (including phenoxy) is 4. The quantitative estimate of drug-likeness (QED) is 0.108. The fourth-order valence-corrected chi connectivity index (χ4v) is 9.01. The molecule has 0 spiro atoms. The number of piperidine rings is 1. The highest BCUT2D eigenvalue weighted by Crippen LogP contribution is 2.33.